The van der Waals surface area contributed by atoms with Crippen molar-refractivity contribution in [2.75, 3.05) is 26.7 Å². The van der Waals surface area contributed by atoms with Crippen LogP contribution in [0, 0.1) is 0 Å². The quantitative estimate of drug-likeness (QED) is 0.737. The number of nitrogens with zero attached hydrogens (tertiary/aromatic N) is 1. The number of nitrogens with one attached hydrogen (secondary N) is 1. The first-order chi connectivity index (χ1) is 7.20. The molecule has 1 amide bonds. The summed E-state index contributed by atoms with van der Waals surface area (Å²) in [6.45, 7) is 9.00. The Kier molecular flexibility index (Phi) is 6.36. The van der Waals surface area contributed by atoms with Crippen LogP contribution in [0.5, 0.6) is 0 Å². The fourth-order valence-corrected chi connectivity index (χ4v) is 1.21. The monoisotopic (exact) mass is 232 g/mol. The van der Waals surface area contributed by atoms with Crippen molar-refractivity contribution in [1.29, 1.82) is 0 Å². The van der Waals surface area contributed by atoms with E-state index in [0.29, 0.717) is 19.6 Å². The van der Waals surface area contributed by atoms with Gasteiger partial charge in [0, 0.05) is 19.6 Å². The van der Waals surface area contributed by atoms with Crippen LogP contribution >= 0.6 is 0 Å². The largest absolute Gasteiger partial charge is 0.444 e. The number of amides is 1. The Morgan fingerprint density at radius 2 is 2.06 bits per heavy atom. The van der Waals surface area contributed by atoms with Gasteiger partial charge in [0.15, 0.2) is 0 Å². The number of rotatable bonds is 5. The van der Waals surface area contributed by atoms with Crippen LogP contribution in [0.4, 0.5) is 4.79 Å². The molecule has 0 saturated heterocycles. The molecule has 0 aromatic rings. The lowest BCUT2D eigenvalue weighted by Crippen LogP contribution is -2.38. The maximum absolute atomic E-state index is 11.3. The number of alkyl carbamates (subject to hydrolysis) is 1. The van der Waals surface area contributed by atoms with Crippen molar-refractivity contribution in [3.05, 3.63) is 0 Å². The average Bonchev–Trinajstić information content (AvgIpc) is 1.98. The molecule has 16 heavy (non-hydrogen) atoms. The maximum Gasteiger partial charge on any atom is 0.407 e. The van der Waals surface area contributed by atoms with Gasteiger partial charge in [-0.1, -0.05) is 0 Å². The summed E-state index contributed by atoms with van der Waals surface area (Å²) < 4.78 is 5.08. The Hall–Kier alpha value is -0.810. The zero-order chi connectivity index (χ0) is 12.8. The highest BCUT2D eigenvalue weighted by atomic mass is 16.6. The zero-order valence-electron chi connectivity index (χ0n) is 10.9. The number of hydrogen-bond acceptors (Lipinski definition) is 4. The highest BCUT2D eigenvalue weighted by molar-refractivity contribution is 5.67. The van der Waals surface area contributed by atoms with Crippen molar-refractivity contribution >= 4 is 6.09 Å². The molecule has 0 aliphatic rings. The predicted octanol–water partition coefficient (Wildman–Crippen LogP) is 0.824. The Morgan fingerprint density at radius 3 is 2.50 bits per heavy atom. The van der Waals surface area contributed by atoms with Gasteiger partial charge in [0.25, 0.3) is 0 Å². The molecular weight excluding hydrogens is 208 g/mol. The number of likely N-dealkylation sites (N-methyl/N-ethyl adjacent to an activating group) is 1. The van der Waals surface area contributed by atoms with E-state index in [4.69, 9.17) is 9.84 Å². The van der Waals surface area contributed by atoms with Crippen molar-refractivity contribution < 1.29 is 14.6 Å². The van der Waals surface area contributed by atoms with E-state index in [1.54, 1.807) is 6.92 Å². The molecular formula is C11H24N2O3. The molecule has 0 heterocycles. The highest BCUT2D eigenvalue weighted by Crippen LogP contribution is 2.06. The molecule has 1 unspecified atom stereocenters. The Balaban J connectivity index is 3.62. The van der Waals surface area contributed by atoms with Crippen LogP contribution in [0.1, 0.15) is 27.7 Å². The van der Waals surface area contributed by atoms with Gasteiger partial charge >= 0.3 is 6.09 Å². The van der Waals surface area contributed by atoms with E-state index in [0.717, 1.165) is 0 Å². The molecule has 2 N–H and O–H groups in total. The van der Waals surface area contributed by atoms with Gasteiger partial charge in [-0.2, -0.15) is 0 Å². The molecule has 1 atom stereocenters. The molecule has 0 spiro atoms. The van der Waals surface area contributed by atoms with Crippen molar-refractivity contribution in [1.82, 2.24) is 10.2 Å². The molecule has 0 saturated carbocycles. The molecule has 0 aromatic heterocycles. The molecule has 0 rings (SSSR count). The van der Waals surface area contributed by atoms with E-state index >= 15 is 0 Å². The summed E-state index contributed by atoms with van der Waals surface area (Å²) in [6.07, 6.45) is -0.760. The van der Waals surface area contributed by atoms with Crippen LogP contribution in [0.3, 0.4) is 0 Å². The smallest absolute Gasteiger partial charge is 0.407 e. The Bertz CT molecular complexity index is 212. The van der Waals surface area contributed by atoms with E-state index in [9.17, 15) is 4.79 Å². The summed E-state index contributed by atoms with van der Waals surface area (Å²) in [6, 6.07) is 0. The summed E-state index contributed by atoms with van der Waals surface area (Å²) in [5, 5.41) is 11.8. The third-order valence-electron chi connectivity index (χ3n) is 1.74. The van der Waals surface area contributed by atoms with Crippen molar-refractivity contribution in [2.24, 2.45) is 0 Å². The second kappa shape index (κ2) is 6.70. The van der Waals surface area contributed by atoms with Gasteiger partial charge in [-0.15, -0.1) is 0 Å². The minimum atomic E-state index is -0.463. The number of carbonyl (C=O) groups excluding carboxylic acids is 1. The van der Waals surface area contributed by atoms with Gasteiger partial charge in [0.1, 0.15) is 5.60 Å². The molecule has 5 nitrogen and oxygen atoms in total. The number of hydrogen-bond donors (Lipinski definition) is 2. The van der Waals surface area contributed by atoms with E-state index in [2.05, 4.69) is 5.32 Å². The van der Waals surface area contributed by atoms with Crippen molar-refractivity contribution in [3.8, 4) is 0 Å². The normalized spacial score (nSPS) is 13.7. The molecule has 5 heteroatoms. The minimum Gasteiger partial charge on any atom is -0.444 e. The van der Waals surface area contributed by atoms with Crippen molar-refractivity contribution in [3.63, 3.8) is 0 Å². The lowest BCUT2D eigenvalue weighted by atomic mass is 10.2. The van der Waals surface area contributed by atoms with Crippen LogP contribution in [0.2, 0.25) is 0 Å². The summed E-state index contributed by atoms with van der Waals surface area (Å²) in [5.74, 6) is 0. The molecule has 0 radical (unpaired) electrons. The van der Waals surface area contributed by atoms with Gasteiger partial charge in [0.2, 0.25) is 0 Å². The first-order valence-electron chi connectivity index (χ1n) is 5.54. The third kappa shape index (κ3) is 9.73. The van der Waals surface area contributed by atoms with Gasteiger partial charge in [-0.05, 0) is 34.7 Å². The summed E-state index contributed by atoms with van der Waals surface area (Å²) in [7, 11) is 1.89. The van der Waals surface area contributed by atoms with Crippen molar-refractivity contribution in [2.45, 2.75) is 39.4 Å². The third-order valence-corrected chi connectivity index (χ3v) is 1.74. The first kappa shape index (κ1) is 15.2. The second-order valence-corrected chi connectivity index (χ2v) is 5.04. The van der Waals surface area contributed by atoms with Crippen LogP contribution in [0.25, 0.3) is 0 Å². The average molecular weight is 232 g/mol. The predicted molar refractivity (Wildman–Crippen MR) is 63.4 cm³/mol. The number of aliphatic hydroxyl groups excluding tert-OH is 1. The molecule has 0 aliphatic heterocycles. The van der Waals surface area contributed by atoms with Crippen LogP contribution in [-0.4, -0.2) is 54.5 Å². The van der Waals surface area contributed by atoms with Gasteiger partial charge < -0.3 is 20.1 Å². The zero-order valence-corrected chi connectivity index (χ0v) is 10.9. The summed E-state index contributed by atoms with van der Waals surface area (Å²) >= 11 is 0. The summed E-state index contributed by atoms with van der Waals surface area (Å²) in [5.41, 5.74) is -0.463. The number of aliphatic hydroxyl groups is 1. The van der Waals surface area contributed by atoms with Crippen LogP contribution < -0.4 is 5.32 Å². The SMILES string of the molecule is CC(O)CN(C)CCNC(=O)OC(C)(C)C. The van der Waals surface area contributed by atoms with E-state index in [1.807, 2.05) is 32.7 Å². The molecule has 0 aliphatic carbocycles. The highest BCUT2D eigenvalue weighted by Gasteiger charge is 2.15. The van der Waals surface area contributed by atoms with Crippen LogP contribution in [0.15, 0.2) is 0 Å². The number of carbonyl (C=O) groups is 1. The second-order valence-electron chi connectivity index (χ2n) is 5.04. The lowest BCUT2D eigenvalue weighted by Gasteiger charge is -2.21. The number of ether oxygens (including phenoxy) is 1. The molecule has 96 valence electrons. The standard InChI is InChI=1S/C11H24N2O3/c1-9(14)8-13(5)7-6-12-10(15)16-11(2,3)4/h9,14H,6-8H2,1-5H3,(H,12,15). The van der Waals surface area contributed by atoms with E-state index < -0.39 is 11.7 Å². The minimum absolute atomic E-state index is 0.355. The van der Waals surface area contributed by atoms with E-state index in [1.165, 1.54) is 0 Å². The fourth-order valence-electron chi connectivity index (χ4n) is 1.21. The summed E-state index contributed by atoms with van der Waals surface area (Å²) in [4.78, 5) is 13.2. The van der Waals surface area contributed by atoms with Crippen LogP contribution in [-0.2, 0) is 4.74 Å². The Morgan fingerprint density at radius 1 is 1.50 bits per heavy atom. The first-order valence-corrected chi connectivity index (χ1v) is 5.54. The van der Waals surface area contributed by atoms with Gasteiger partial charge in [-0.3, -0.25) is 0 Å². The Labute approximate surface area is 97.8 Å². The molecule has 0 aromatic carbocycles. The fraction of sp³-hybridized carbons (Fsp3) is 0.909. The lowest BCUT2D eigenvalue weighted by molar-refractivity contribution is 0.0521. The topological polar surface area (TPSA) is 61.8 Å². The van der Waals surface area contributed by atoms with Gasteiger partial charge in [0.05, 0.1) is 6.10 Å². The van der Waals surface area contributed by atoms with Gasteiger partial charge in [-0.25, -0.2) is 4.79 Å². The maximum atomic E-state index is 11.3. The van der Waals surface area contributed by atoms with E-state index in [-0.39, 0.29) is 6.10 Å². The molecule has 0 fully saturated rings. The molecule has 0 bridgehead atoms.